The number of benzene rings is 1. The van der Waals surface area contributed by atoms with E-state index in [4.69, 9.17) is 21.1 Å². The Morgan fingerprint density at radius 1 is 1.35 bits per heavy atom. The predicted molar refractivity (Wildman–Crippen MR) is 67.8 cm³/mol. The van der Waals surface area contributed by atoms with E-state index in [0.717, 1.165) is 18.2 Å². The Bertz CT molecular complexity index is 466. The summed E-state index contributed by atoms with van der Waals surface area (Å²) in [6.45, 7) is 0.347. The second kappa shape index (κ2) is 7.47. The smallest absolute Gasteiger partial charge is 0.382 e. The maximum Gasteiger partial charge on any atom is 0.416 e. The molecule has 0 saturated heterocycles. The van der Waals surface area contributed by atoms with Crippen LogP contribution in [0.15, 0.2) is 18.2 Å². The number of carbonyl (C=O) groups excluding carboxylic acids is 1. The summed E-state index contributed by atoms with van der Waals surface area (Å²) in [6, 6.07) is 2.69. The predicted octanol–water partition coefficient (Wildman–Crippen LogP) is 2.96. The molecule has 0 radical (unpaired) electrons. The molecule has 1 N–H and O–H groups in total. The lowest BCUT2D eigenvalue weighted by Crippen LogP contribution is -2.20. The van der Waals surface area contributed by atoms with Crippen LogP contribution in [0.1, 0.15) is 5.56 Å². The fourth-order valence-corrected chi connectivity index (χ4v) is 1.51. The first kappa shape index (κ1) is 16.7. The third-order valence-electron chi connectivity index (χ3n) is 2.24. The number of ether oxygens (including phenoxy) is 2. The Labute approximate surface area is 118 Å². The number of alkyl halides is 3. The molecule has 8 heteroatoms. The molecule has 0 aromatic heterocycles. The van der Waals surface area contributed by atoms with Gasteiger partial charge in [0.1, 0.15) is 6.61 Å². The maximum absolute atomic E-state index is 12.4. The highest BCUT2D eigenvalue weighted by Gasteiger charge is 2.30. The average molecular weight is 312 g/mol. The molecule has 20 heavy (non-hydrogen) atoms. The van der Waals surface area contributed by atoms with Gasteiger partial charge in [-0.1, -0.05) is 11.6 Å². The lowest BCUT2D eigenvalue weighted by molar-refractivity contribution is -0.137. The Morgan fingerprint density at radius 3 is 2.60 bits per heavy atom. The van der Waals surface area contributed by atoms with Crippen molar-refractivity contribution in [3.8, 4) is 0 Å². The fraction of sp³-hybridized carbons (Fsp3) is 0.417. The molecule has 0 aliphatic carbocycles. The summed E-state index contributed by atoms with van der Waals surface area (Å²) in [4.78, 5) is 11.5. The minimum atomic E-state index is -4.48. The van der Waals surface area contributed by atoms with E-state index in [2.05, 4.69) is 5.32 Å². The van der Waals surface area contributed by atoms with Gasteiger partial charge in [-0.2, -0.15) is 13.2 Å². The molecule has 0 heterocycles. The molecule has 4 nitrogen and oxygen atoms in total. The highest BCUT2D eigenvalue weighted by Crippen LogP contribution is 2.33. The number of rotatable bonds is 6. The van der Waals surface area contributed by atoms with Crippen molar-refractivity contribution < 1.29 is 27.4 Å². The van der Waals surface area contributed by atoms with Crippen LogP contribution in [-0.2, 0) is 20.4 Å². The Kier molecular flexibility index (Phi) is 6.25. The lowest BCUT2D eigenvalue weighted by Gasteiger charge is -2.11. The Balaban J connectivity index is 2.58. The highest BCUT2D eigenvalue weighted by molar-refractivity contribution is 6.33. The topological polar surface area (TPSA) is 47.6 Å². The largest absolute Gasteiger partial charge is 0.416 e. The summed E-state index contributed by atoms with van der Waals surface area (Å²) in [7, 11) is 1.49. The minimum Gasteiger partial charge on any atom is -0.382 e. The molecule has 0 saturated carbocycles. The SMILES string of the molecule is COCCOCC(=O)Nc1ccc(C(F)(F)F)cc1Cl. The van der Waals surface area contributed by atoms with Gasteiger partial charge in [0.15, 0.2) is 0 Å². The van der Waals surface area contributed by atoms with Crippen molar-refractivity contribution in [3.05, 3.63) is 28.8 Å². The van der Waals surface area contributed by atoms with E-state index >= 15 is 0 Å². The molecule has 0 unspecified atom stereocenters. The average Bonchev–Trinajstić information content (AvgIpc) is 2.36. The van der Waals surface area contributed by atoms with Crippen LogP contribution in [0.5, 0.6) is 0 Å². The van der Waals surface area contributed by atoms with Crippen LogP contribution < -0.4 is 5.32 Å². The van der Waals surface area contributed by atoms with Crippen LogP contribution in [0, 0.1) is 0 Å². The molecule has 1 aromatic carbocycles. The van der Waals surface area contributed by atoms with E-state index in [1.165, 1.54) is 7.11 Å². The van der Waals surface area contributed by atoms with Gasteiger partial charge in [0.25, 0.3) is 0 Å². The molecule has 1 aromatic rings. The van der Waals surface area contributed by atoms with Gasteiger partial charge in [-0.05, 0) is 18.2 Å². The van der Waals surface area contributed by atoms with Crippen molar-refractivity contribution in [2.75, 3.05) is 32.2 Å². The van der Waals surface area contributed by atoms with Crippen molar-refractivity contribution in [2.24, 2.45) is 0 Å². The van der Waals surface area contributed by atoms with E-state index in [-0.39, 0.29) is 23.9 Å². The fourth-order valence-electron chi connectivity index (χ4n) is 1.29. The molecule has 1 rings (SSSR count). The number of halogens is 4. The van der Waals surface area contributed by atoms with Gasteiger partial charge < -0.3 is 14.8 Å². The van der Waals surface area contributed by atoms with E-state index in [0.29, 0.717) is 6.61 Å². The summed E-state index contributed by atoms with van der Waals surface area (Å²) >= 11 is 5.69. The van der Waals surface area contributed by atoms with Crippen LogP contribution in [-0.4, -0.2) is 32.8 Å². The highest BCUT2D eigenvalue weighted by atomic mass is 35.5. The van der Waals surface area contributed by atoms with Gasteiger partial charge in [-0.25, -0.2) is 0 Å². The number of amides is 1. The van der Waals surface area contributed by atoms with Gasteiger partial charge in [-0.15, -0.1) is 0 Å². The quantitative estimate of drug-likeness (QED) is 0.822. The molecular formula is C12H13ClF3NO3. The number of carbonyl (C=O) groups is 1. The van der Waals surface area contributed by atoms with Crippen molar-refractivity contribution in [1.82, 2.24) is 0 Å². The number of nitrogens with one attached hydrogen (secondary N) is 1. The molecule has 0 aliphatic heterocycles. The molecule has 1 amide bonds. The summed E-state index contributed by atoms with van der Waals surface area (Å²) in [5.41, 5.74) is -0.781. The maximum atomic E-state index is 12.4. The lowest BCUT2D eigenvalue weighted by atomic mass is 10.2. The Morgan fingerprint density at radius 2 is 2.05 bits per heavy atom. The van der Waals surface area contributed by atoms with Crippen molar-refractivity contribution in [3.63, 3.8) is 0 Å². The summed E-state index contributed by atoms with van der Waals surface area (Å²) in [6.07, 6.45) is -4.48. The van der Waals surface area contributed by atoms with E-state index in [9.17, 15) is 18.0 Å². The second-order valence-electron chi connectivity index (χ2n) is 3.79. The summed E-state index contributed by atoms with van der Waals surface area (Å²) in [5.74, 6) is -0.511. The van der Waals surface area contributed by atoms with Crippen LogP contribution >= 0.6 is 11.6 Å². The zero-order chi connectivity index (χ0) is 15.2. The zero-order valence-electron chi connectivity index (χ0n) is 10.6. The third-order valence-corrected chi connectivity index (χ3v) is 2.55. The molecule has 0 fully saturated rings. The van der Waals surface area contributed by atoms with Gasteiger partial charge >= 0.3 is 6.18 Å². The second-order valence-corrected chi connectivity index (χ2v) is 4.19. The van der Waals surface area contributed by atoms with Gasteiger partial charge in [0.2, 0.25) is 5.91 Å². The molecule has 0 spiro atoms. The summed E-state index contributed by atoms with van der Waals surface area (Å²) in [5, 5.41) is 2.17. The third kappa shape index (κ3) is 5.36. The molecule has 0 atom stereocenters. The van der Waals surface area contributed by atoms with Gasteiger partial charge in [0.05, 0.1) is 29.5 Å². The molecule has 0 bridgehead atoms. The molecule has 0 aliphatic rings. The van der Waals surface area contributed by atoms with Crippen LogP contribution in [0.2, 0.25) is 5.02 Å². The van der Waals surface area contributed by atoms with Gasteiger partial charge in [0, 0.05) is 7.11 Å². The normalized spacial score (nSPS) is 11.4. The minimum absolute atomic E-state index is 0.0972. The van der Waals surface area contributed by atoms with E-state index in [1.807, 2.05) is 0 Å². The standard InChI is InChI=1S/C12H13ClF3NO3/c1-19-4-5-20-7-11(18)17-10-3-2-8(6-9(10)13)12(14,15)16/h2-3,6H,4-5,7H2,1H3,(H,17,18). The van der Waals surface area contributed by atoms with Crippen LogP contribution in [0.4, 0.5) is 18.9 Å². The van der Waals surface area contributed by atoms with Gasteiger partial charge in [-0.3, -0.25) is 4.79 Å². The van der Waals surface area contributed by atoms with E-state index in [1.54, 1.807) is 0 Å². The zero-order valence-corrected chi connectivity index (χ0v) is 11.3. The van der Waals surface area contributed by atoms with E-state index < -0.39 is 17.6 Å². The number of methoxy groups -OCH3 is 1. The first-order chi connectivity index (χ1) is 9.34. The van der Waals surface area contributed by atoms with Crippen molar-refractivity contribution in [2.45, 2.75) is 6.18 Å². The molecular weight excluding hydrogens is 299 g/mol. The number of anilines is 1. The van der Waals surface area contributed by atoms with Crippen LogP contribution in [0.3, 0.4) is 0 Å². The monoisotopic (exact) mass is 311 g/mol. The van der Waals surface area contributed by atoms with Crippen LogP contribution in [0.25, 0.3) is 0 Å². The first-order valence-corrected chi connectivity index (χ1v) is 5.95. The molecule has 112 valence electrons. The van der Waals surface area contributed by atoms with Crippen molar-refractivity contribution >= 4 is 23.2 Å². The Hall–Kier alpha value is -1.31. The number of hydrogen-bond donors (Lipinski definition) is 1. The number of hydrogen-bond acceptors (Lipinski definition) is 3. The summed E-state index contributed by atoms with van der Waals surface area (Å²) < 4.78 is 47.0. The first-order valence-electron chi connectivity index (χ1n) is 5.58. The van der Waals surface area contributed by atoms with Crippen molar-refractivity contribution in [1.29, 1.82) is 0 Å².